The van der Waals surface area contributed by atoms with Gasteiger partial charge in [0.2, 0.25) is 0 Å². The van der Waals surface area contributed by atoms with Crippen LogP contribution in [0.3, 0.4) is 0 Å². The van der Waals surface area contributed by atoms with Gasteiger partial charge in [-0.1, -0.05) is 11.6 Å². The fourth-order valence-corrected chi connectivity index (χ4v) is 1.25. The van der Waals surface area contributed by atoms with Crippen LogP contribution in [-0.4, -0.2) is 0 Å². The lowest BCUT2D eigenvalue weighted by Crippen LogP contribution is -2.05. The highest BCUT2D eigenvalue weighted by atomic mass is 35.5. The van der Waals surface area contributed by atoms with Crippen LogP contribution >= 0.6 is 11.6 Å². The summed E-state index contributed by atoms with van der Waals surface area (Å²) in [7, 11) is 0. The zero-order valence-electron chi connectivity index (χ0n) is 6.71. The molecular weight excluding hydrogens is 172 g/mol. The monoisotopic (exact) mass is 180 g/mol. The lowest BCUT2D eigenvalue weighted by atomic mass is 10.1. The Morgan fingerprint density at radius 1 is 1.58 bits per heavy atom. The van der Waals surface area contributed by atoms with E-state index in [2.05, 4.69) is 0 Å². The minimum absolute atomic E-state index is 0.134. The summed E-state index contributed by atoms with van der Waals surface area (Å²) in [6.07, 6.45) is 0. The van der Waals surface area contributed by atoms with Gasteiger partial charge in [0.15, 0.2) is 0 Å². The van der Waals surface area contributed by atoms with Crippen LogP contribution in [0.2, 0.25) is 5.02 Å². The maximum atomic E-state index is 8.60. The SMILES string of the molecule is C[C@@H](N)c1cc(C#N)ccc1Cl. The minimum Gasteiger partial charge on any atom is -0.324 e. The molecule has 0 saturated heterocycles. The van der Waals surface area contributed by atoms with Crippen molar-refractivity contribution in [2.75, 3.05) is 0 Å². The first kappa shape index (κ1) is 9.05. The number of nitrogens with two attached hydrogens (primary N) is 1. The van der Waals surface area contributed by atoms with Crippen molar-refractivity contribution in [1.82, 2.24) is 0 Å². The van der Waals surface area contributed by atoms with Gasteiger partial charge in [-0.3, -0.25) is 0 Å². The second-order valence-electron chi connectivity index (χ2n) is 2.64. The average molecular weight is 181 g/mol. The van der Waals surface area contributed by atoms with Crippen molar-refractivity contribution < 1.29 is 0 Å². The van der Waals surface area contributed by atoms with Crippen LogP contribution < -0.4 is 5.73 Å². The third kappa shape index (κ3) is 1.76. The molecule has 12 heavy (non-hydrogen) atoms. The number of halogens is 1. The molecule has 2 N–H and O–H groups in total. The van der Waals surface area contributed by atoms with E-state index in [-0.39, 0.29) is 6.04 Å². The molecule has 1 rings (SSSR count). The highest BCUT2D eigenvalue weighted by Crippen LogP contribution is 2.22. The molecule has 62 valence electrons. The lowest BCUT2D eigenvalue weighted by Gasteiger charge is -2.07. The Morgan fingerprint density at radius 3 is 2.75 bits per heavy atom. The molecule has 0 aromatic heterocycles. The summed E-state index contributed by atoms with van der Waals surface area (Å²) in [5.41, 5.74) is 7.05. The van der Waals surface area contributed by atoms with Gasteiger partial charge in [-0.15, -0.1) is 0 Å². The van der Waals surface area contributed by atoms with E-state index in [9.17, 15) is 0 Å². The number of nitrogens with zero attached hydrogens (tertiary/aromatic N) is 1. The van der Waals surface area contributed by atoms with Crippen LogP contribution in [0.5, 0.6) is 0 Å². The third-order valence-electron chi connectivity index (χ3n) is 1.62. The first-order valence-corrected chi connectivity index (χ1v) is 3.98. The first-order chi connectivity index (χ1) is 5.65. The van der Waals surface area contributed by atoms with E-state index in [0.29, 0.717) is 10.6 Å². The predicted molar refractivity (Wildman–Crippen MR) is 48.8 cm³/mol. The molecule has 1 atom stereocenters. The number of rotatable bonds is 1. The third-order valence-corrected chi connectivity index (χ3v) is 1.96. The van der Waals surface area contributed by atoms with Crippen molar-refractivity contribution in [2.24, 2.45) is 5.73 Å². The molecule has 2 nitrogen and oxygen atoms in total. The van der Waals surface area contributed by atoms with Crippen LogP contribution in [0.4, 0.5) is 0 Å². The molecule has 1 aromatic carbocycles. The Hall–Kier alpha value is -1.04. The topological polar surface area (TPSA) is 49.8 Å². The highest BCUT2D eigenvalue weighted by molar-refractivity contribution is 6.31. The molecule has 0 heterocycles. The van der Waals surface area contributed by atoms with Crippen molar-refractivity contribution in [3.05, 3.63) is 34.3 Å². The van der Waals surface area contributed by atoms with Gasteiger partial charge >= 0.3 is 0 Å². The standard InChI is InChI=1S/C9H9ClN2/c1-6(12)8-4-7(5-11)2-3-9(8)10/h2-4,6H,12H2,1H3/t6-/m1/s1. The molecule has 0 saturated carbocycles. The van der Waals surface area contributed by atoms with E-state index in [0.717, 1.165) is 5.56 Å². The van der Waals surface area contributed by atoms with Crippen molar-refractivity contribution in [2.45, 2.75) is 13.0 Å². The molecule has 0 aliphatic carbocycles. The molecule has 0 bridgehead atoms. The number of benzene rings is 1. The van der Waals surface area contributed by atoms with Crippen LogP contribution in [-0.2, 0) is 0 Å². The van der Waals surface area contributed by atoms with Gasteiger partial charge in [-0.05, 0) is 30.7 Å². The maximum absolute atomic E-state index is 8.60. The van der Waals surface area contributed by atoms with E-state index in [1.165, 1.54) is 0 Å². The van der Waals surface area contributed by atoms with Gasteiger partial charge in [0.05, 0.1) is 11.6 Å². The predicted octanol–water partition coefficient (Wildman–Crippen LogP) is 2.23. The van der Waals surface area contributed by atoms with Gasteiger partial charge < -0.3 is 5.73 Å². The van der Waals surface area contributed by atoms with Gasteiger partial charge in [0.25, 0.3) is 0 Å². The van der Waals surface area contributed by atoms with E-state index in [1.54, 1.807) is 18.2 Å². The second-order valence-corrected chi connectivity index (χ2v) is 3.04. The Kier molecular flexibility index (Phi) is 2.69. The van der Waals surface area contributed by atoms with Crippen LogP contribution in [0.15, 0.2) is 18.2 Å². The quantitative estimate of drug-likeness (QED) is 0.721. The van der Waals surface area contributed by atoms with E-state index in [1.807, 2.05) is 13.0 Å². The van der Waals surface area contributed by atoms with Crippen molar-refractivity contribution >= 4 is 11.6 Å². The van der Waals surface area contributed by atoms with Gasteiger partial charge in [-0.25, -0.2) is 0 Å². The summed E-state index contributed by atoms with van der Waals surface area (Å²) in [5, 5.41) is 9.22. The zero-order chi connectivity index (χ0) is 9.14. The fourth-order valence-electron chi connectivity index (χ4n) is 0.962. The lowest BCUT2D eigenvalue weighted by molar-refractivity contribution is 0.818. The van der Waals surface area contributed by atoms with Crippen LogP contribution in [0.25, 0.3) is 0 Å². The number of hydrogen-bond donors (Lipinski definition) is 1. The maximum Gasteiger partial charge on any atom is 0.0991 e. The molecule has 0 fully saturated rings. The van der Waals surface area contributed by atoms with Gasteiger partial charge in [-0.2, -0.15) is 5.26 Å². The molecular formula is C9H9ClN2. The Morgan fingerprint density at radius 2 is 2.25 bits per heavy atom. The van der Waals surface area contributed by atoms with Crippen molar-refractivity contribution in [1.29, 1.82) is 5.26 Å². The van der Waals surface area contributed by atoms with E-state index < -0.39 is 0 Å². The smallest absolute Gasteiger partial charge is 0.0991 e. The van der Waals surface area contributed by atoms with Crippen molar-refractivity contribution in [3.8, 4) is 6.07 Å². The Bertz CT molecular complexity index is 326. The summed E-state index contributed by atoms with van der Waals surface area (Å²) in [6, 6.07) is 6.99. The van der Waals surface area contributed by atoms with E-state index >= 15 is 0 Å². The summed E-state index contributed by atoms with van der Waals surface area (Å²) in [4.78, 5) is 0. The number of hydrogen-bond acceptors (Lipinski definition) is 2. The summed E-state index contributed by atoms with van der Waals surface area (Å²) >= 11 is 5.86. The van der Waals surface area contributed by atoms with Crippen LogP contribution in [0.1, 0.15) is 24.1 Å². The molecule has 3 heteroatoms. The molecule has 0 aliphatic rings. The summed E-state index contributed by atoms with van der Waals surface area (Å²) < 4.78 is 0. The van der Waals surface area contributed by atoms with E-state index in [4.69, 9.17) is 22.6 Å². The molecule has 0 radical (unpaired) electrons. The second kappa shape index (κ2) is 3.57. The largest absolute Gasteiger partial charge is 0.324 e. The first-order valence-electron chi connectivity index (χ1n) is 3.60. The fraction of sp³-hybridized carbons (Fsp3) is 0.222. The Labute approximate surface area is 76.6 Å². The molecule has 0 aliphatic heterocycles. The summed E-state index contributed by atoms with van der Waals surface area (Å²) in [5.74, 6) is 0. The van der Waals surface area contributed by atoms with Crippen molar-refractivity contribution in [3.63, 3.8) is 0 Å². The minimum atomic E-state index is -0.134. The summed E-state index contributed by atoms with van der Waals surface area (Å²) in [6.45, 7) is 1.84. The molecule has 0 amide bonds. The molecule has 0 unspecified atom stereocenters. The van der Waals surface area contributed by atoms with Gasteiger partial charge in [0, 0.05) is 11.1 Å². The van der Waals surface area contributed by atoms with Crippen LogP contribution in [0, 0.1) is 11.3 Å². The molecule has 0 spiro atoms. The average Bonchev–Trinajstić information content (AvgIpc) is 2.05. The normalized spacial score (nSPS) is 12.2. The highest BCUT2D eigenvalue weighted by Gasteiger charge is 2.05. The van der Waals surface area contributed by atoms with Gasteiger partial charge in [0.1, 0.15) is 0 Å². The zero-order valence-corrected chi connectivity index (χ0v) is 7.47. The molecule has 1 aromatic rings. The number of nitriles is 1. The Balaban J connectivity index is 3.19.